The Labute approximate surface area is 375 Å². The molecule has 0 fully saturated rings. The van der Waals surface area contributed by atoms with Gasteiger partial charge in [0.25, 0.3) is 0 Å². The number of benzene rings is 11. The van der Waals surface area contributed by atoms with E-state index < -0.39 is 0 Å². The molecule has 0 aliphatic rings. The van der Waals surface area contributed by atoms with Crippen molar-refractivity contribution in [1.82, 2.24) is 9.97 Å². The minimum absolute atomic E-state index is 0.712. The van der Waals surface area contributed by atoms with Crippen molar-refractivity contribution in [1.29, 1.82) is 0 Å². The van der Waals surface area contributed by atoms with Gasteiger partial charge in [-0.3, -0.25) is 0 Å². The van der Waals surface area contributed by atoms with Crippen molar-refractivity contribution in [2.45, 2.75) is 0 Å². The maximum Gasteiger partial charge on any atom is 0.160 e. The summed E-state index contributed by atoms with van der Waals surface area (Å²) in [5, 5.41) is 12.2. The summed E-state index contributed by atoms with van der Waals surface area (Å²) in [6, 6.07) is 82.2. The van der Waals surface area contributed by atoms with Crippen LogP contribution < -0.4 is 0 Å². The fraction of sp³-hybridized carbons (Fsp3) is 0. The molecule has 0 radical (unpaired) electrons. The molecular weight excluding hydrogens is 789 g/mol. The van der Waals surface area contributed by atoms with E-state index in [0.717, 1.165) is 77.7 Å². The van der Waals surface area contributed by atoms with E-state index in [2.05, 4.69) is 194 Å². The third-order valence-corrected chi connectivity index (χ3v) is 13.1. The lowest BCUT2D eigenvalue weighted by Gasteiger charge is -2.12. The Hall–Kier alpha value is -8.66. The molecule has 0 spiro atoms. The summed E-state index contributed by atoms with van der Waals surface area (Å²) < 4.78 is 6.80. The maximum atomic E-state index is 6.80. The molecule has 0 amide bonds. The molecule has 65 heavy (non-hydrogen) atoms. The Kier molecular flexibility index (Phi) is 8.53. The van der Waals surface area contributed by atoms with Gasteiger partial charge in [-0.05, 0) is 101 Å². The first-order chi connectivity index (χ1) is 32.2. The molecule has 0 atom stereocenters. The van der Waals surface area contributed by atoms with E-state index in [1.807, 2.05) is 36.4 Å². The minimum Gasteiger partial charge on any atom is -0.455 e. The van der Waals surface area contributed by atoms with Crippen molar-refractivity contribution in [3.05, 3.63) is 231 Å². The van der Waals surface area contributed by atoms with Gasteiger partial charge in [-0.1, -0.05) is 200 Å². The average Bonchev–Trinajstić information content (AvgIpc) is 3.77. The van der Waals surface area contributed by atoms with Crippen LogP contribution in [0.3, 0.4) is 0 Å². The molecule has 13 rings (SSSR count). The summed E-state index contributed by atoms with van der Waals surface area (Å²) >= 11 is 0. The van der Waals surface area contributed by atoms with Crippen LogP contribution in [-0.2, 0) is 0 Å². The molecule has 0 saturated heterocycles. The molecule has 0 aliphatic carbocycles. The standard InChI is InChI=1S/C62H38N2O/c1-3-13-42(14-4-1)58-38-59(64-62(63-58)44-15-5-2-6-16-44)43-29-25-40(26-30-43)39-23-27-41(28-24-39)55-37-57-53-34-32-46(36-60(53)65-61(57)54-22-12-11-21-51(54)55)45-31-33-52-49-19-8-7-17-47(49)48-18-9-10-20-50(48)56(52)35-45/h1-38H. The average molecular weight is 827 g/mol. The Bertz CT molecular complexity index is 3870. The zero-order valence-electron chi connectivity index (χ0n) is 35.2. The molecular formula is C62H38N2O. The zero-order valence-corrected chi connectivity index (χ0v) is 35.2. The quantitative estimate of drug-likeness (QED) is 0.157. The second-order valence-corrected chi connectivity index (χ2v) is 16.9. The largest absolute Gasteiger partial charge is 0.455 e. The molecule has 0 saturated carbocycles. The lowest BCUT2D eigenvalue weighted by atomic mass is 9.92. The highest BCUT2D eigenvalue weighted by molar-refractivity contribution is 6.26. The Morgan fingerprint density at radius 2 is 0.677 bits per heavy atom. The van der Waals surface area contributed by atoms with Crippen molar-refractivity contribution >= 4 is 65.0 Å². The lowest BCUT2D eigenvalue weighted by molar-refractivity contribution is 0.673. The van der Waals surface area contributed by atoms with E-state index >= 15 is 0 Å². The van der Waals surface area contributed by atoms with E-state index in [0.29, 0.717) is 5.82 Å². The summed E-state index contributed by atoms with van der Waals surface area (Å²) in [6.45, 7) is 0. The number of nitrogens with zero attached hydrogens (tertiary/aromatic N) is 2. The van der Waals surface area contributed by atoms with Gasteiger partial charge >= 0.3 is 0 Å². The maximum absolute atomic E-state index is 6.80. The third kappa shape index (κ3) is 6.28. The van der Waals surface area contributed by atoms with E-state index in [1.54, 1.807) is 0 Å². The Morgan fingerprint density at radius 1 is 0.246 bits per heavy atom. The van der Waals surface area contributed by atoms with Gasteiger partial charge < -0.3 is 4.42 Å². The van der Waals surface area contributed by atoms with Crippen LogP contribution in [0.25, 0.3) is 132 Å². The lowest BCUT2D eigenvalue weighted by Crippen LogP contribution is -1.95. The highest BCUT2D eigenvalue weighted by Gasteiger charge is 2.17. The predicted octanol–water partition coefficient (Wildman–Crippen LogP) is 17.0. The van der Waals surface area contributed by atoms with Crippen LogP contribution in [0.15, 0.2) is 235 Å². The SMILES string of the molecule is c1ccc(-c2cc(-c3ccc(-c4ccc(-c5cc6c7ccc(-c8ccc9c%10ccccc%10c%10ccccc%10c9c8)cc7oc6c6ccccc56)cc4)cc3)nc(-c3ccccc3)n2)cc1. The van der Waals surface area contributed by atoms with Gasteiger partial charge in [0, 0.05) is 32.8 Å². The van der Waals surface area contributed by atoms with Crippen LogP contribution in [0.2, 0.25) is 0 Å². The highest BCUT2D eigenvalue weighted by atomic mass is 16.3. The summed E-state index contributed by atoms with van der Waals surface area (Å²) in [5.74, 6) is 0.712. The Morgan fingerprint density at radius 3 is 1.29 bits per heavy atom. The highest BCUT2D eigenvalue weighted by Crippen LogP contribution is 2.43. The zero-order chi connectivity index (χ0) is 42.8. The fourth-order valence-corrected chi connectivity index (χ4v) is 9.85. The molecule has 0 aliphatic heterocycles. The van der Waals surface area contributed by atoms with Crippen molar-refractivity contribution in [2.75, 3.05) is 0 Å². The van der Waals surface area contributed by atoms with E-state index in [-0.39, 0.29) is 0 Å². The summed E-state index contributed by atoms with van der Waals surface area (Å²) in [6.07, 6.45) is 0. The molecule has 13 aromatic rings. The molecule has 302 valence electrons. The number of hydrogen-bond donors (Lipinski definition) is 0. The monoisotopic (exact) mass is 826 g/mol. The molecule has 0 unspecified atom stereocenters. The molecule has 0 bridgehead atoms. The minimum atomic E-state index is 0.712. The molecule has 3 nitrogen and oxygen atoms in total. The number of rotatable bonds is 6. The van der Waals surface area contributed by atoms with Gasteiger partial charge in [0.15, 0.2) is 5.82 Å². The number of furan rings is 1. The van der Waals surface area contributed by atoms with E-state index in [1.165, 1.54) is 48.8 Å². The summed E-state index contributed by atoms with van der Waals surface area (Å²) in [5.41, 5.74) is 13.6. The van der Waals surface area contributed by atoms with Gasteiger partial charge in [-0.2, -0.15) is 0 Å². The summed E-state index contributed by atoms with van der Waals surface area (Å²) in [4.78, 5) is 10.0. The molecule has 11 aromatic carbocycles. The van der Waals surface area contributed by atoms with Gasteiger partial charge in [0.1, 0.15) is 11.2 Å². The third-order valence-electron chi connectivity index (χ3n) is 13.1. The van der Waals surface area contributed by atoms with Gasteiger partial charge in [-0.15, -0.1) is 0 Å². The van der Waals surface area contributed by atoms with Gasteiger partial charge in [0.05, 0.1) is 11.4 Å². The van der Waals surface area contributed by atoms with Gasteiger partial charge in [-0.25, -0.2) is 9.97 Å². The van der Waals surface area contributed by atoms with E-state index in [4.69, 9.17) is 14.4 Å². The summed E-state index contributed by atoms with van der Waals surface area (Å²) in [7, 11) is 0. The molecule has 2 heterocycles. The van der Waals surface area contributed by atoms with Crippen LogP contribution >= 0.6 is 0 Å². The van der Waals surface area contributed by atoms with E-state index in [9.17, 15) is 0 Å². The smallest absolute Gasteiger partial charge is 0.160 e. The number of fused-ring (bicyclic) bond motifs is 11. The first-order valence-electron chi connectivity index (χ1n) is 22.1. The topological polar surface area (TPSA) is 38.9 Å². The van der Waals surface area contributed by atoms with Crippen molar-refractivity contribution < 1.29 is 4.42 Å². The van der Waals surface area contributed by atoms with Crippen LogP contribution in [0.1, 0.15) is 0 Å². The van der Waals surface area contributed by atoms with Gasteiger partial charge in [0.2, 0.25) is 0 Å². The first kappa shape index (κ1) is 36.9. The van der Waals surface area contributed by atoms with Crippen molar-refractivity contribution in [3.63, 3.8) is 0 Å². The Balaban J connectivity index is 0.846. The van der Waals surface area contributed by atoms with Crippen molar-refractivity contribution in [2.24, 2.45) is 0 Å². The first-order valence-corrected chi connectivity index (χ1v) is 22.1. The number of hydrogen-bond acceptors (Lipinski definition) is 3. The van der Waals surface area contributed by atoms with Crippen LogP contribution in [0.4, 0.5) is 0 Å². The predicted molar refractivity (Wildman–Crippen MR) is 272 cm³/mol. The fourth-order valence-electron chi connectivity index (χ4n) is 9.85. The second kappa shape index (κ2) is 15.0. The molecule has 0 N–H and O–H groups in total. The normalized spacial score (nSPS) is 11.7. The van der Waals surface area contributed by atoms with Crippen LogP contribution in [0, 0.1) is 0 Å². The molecule has 2 aromatic heterocycles. The van der Waals surface area contributed by atoms with Crippen molar-refractivity contribution in [3.8, 4) is 67.3 Å². The number of aromatic nitrogens is 2. The second-order valence-electron chi connectivity index (χ2n) is 16.9. The molecule has 3 heteroatoms. The van der Waals surface area contributed by atoms with Crippen LogP contribution in [0.5, 0.6) is 0 Å². The van der Waals surface area contributed by atoms with Crippen LogP contribution in [-0.4, -0.2) is 9.97 Å².